The number of nitro groups is 1. The van der Waals surface area contributed by atoms with Gasteiger partial charge in [-0.3, -0.25) is 10.1 Å². The molecular weight excluding hydrogens is 342 g/mol. The predicted molar refractivity (Wildman–Crippen MR) is 76.1 cm³/mol. The number of hydrogen-bond donors (Lipinski definition) is 1. The molecule has 1 N–H and O–H groups in total. The van der Waals surface area contributed by atoms with Gasteiger partial charge in [0, 0.05) is 6.07 Å². The molecular formula is C9H8ClN5O4S2. The zero-order valence-electron chi connectivity index (χ0n) is 10.7. The molecule has 0 radical (unpaired) electrons. The molecule has 0 saturated carbocycles. The summed E-state index contributed by atoms with van der Waals surface area (Å²) in [6.07, 6.45) is 0. The highest BCUT2D eigenvalue weighted by molar-refractivity contribution is 7.94. The number of nitrogens with zero attached hydrogens (tertiary/aromatic N) is 4. The lowest BCUT2D eigenvalue weighted by molar-refractivity contribution is -0.384. The van der Waals surface area contributed by atoms with Crippen molar-refractivity contribution in [2.24, 2.45) is 0 Å². The van der Waals surface area contributed by atoms with Gasteiger partial charge in [-0.2, -0.15) is 5.10 Å². The summed E-state index contributed by atoms with van der Waals surface area (Å²) in [5.41, 5.74) is 0.604. The Morgan fingerprint density at radius 2 is 2.00 bits per heavy atom. The molecule has 2 rings (SSSR count). The van der Waals surface area contributed by atoms with Crippen molar-refractivity contribution < 1.29 is 13.3 Å². The number of sulfonamides is 1. The van der Waals surface area contributed by atoms with Gasteiger partial charge >= 0.3 is 0 Å². The third-order valence-electron chi connectivity index (χ3n) is 2.43. The van der Waals surface area contributed by atoms with Crippen molar-refractivity contribution in [1.82, 2.24) is 15.2 Å². The van der Waals surface area contributed by atoms with Crippen LogP contribution in [0.15, 0.2) is 10.3 Å². The standard InChI is InChI=1S/C9H8ClN5O4S2/c1-4-5(2)12-13-9(11-4)14-21(18,19)7-3-6(15(16)17)8(10)20-7/h3H,1-2H3,(H,11,13,14). The normalized spacial score (nSPS) is 11.4. The van der Waals surface area contributed by atoms with Gasteiger partial charge in [0.1, 0.15) is 4.21 Å². The second-order valence-corrected chi connectivity index (χ2v) is 7.46. The van der Waals surface area contributed by atoms with Gasteiger partial charge in [-0.1, -0.05) is 11.6 Å². The van der Waals surface area contributed by atoms with E-state index in [-0.39, 0.29) is 14.5 Å². The fourth-order valence-electron chi connectivity index (χ4n) is 1.27. The van der Waals surface area contributed by atoms with Crippen LogP contribution in [0.2, 0.25) is 4.34 Å². The summed E-state index contributed by atoms with van der Waals surface area (Å²) in [5.74, 6) is -0.217. The van der Waals surface area contributed by atoms with Crippen molar-refractivity contribution >= 4 is 44.6 Å². The fourth-order valence-corrected chi connectivity index (χ4v) is 3.87. The van der Waals surface area contributed by atoms with Crippen molar-refractivity contribution in [2.45, 2.75) is 18.1 Å². The summed E-state index contributed by atoms with van der Waals surface area (Å²) in [6.45, 7) is 3.32. The number of halogens is 1. The first kappa shape index (κ1) is 15.5. The fraction of sp³-hybridized carbons (Fsp3) is 0.222. The number of anilines is 1. The minimum absolute atomic E-state index is 0.217. The topological polar surface area (TPSA) is 128 Å². The van der Waals surface area contributed by atoms with E-state index in [0.29, 0.717) is 22.7 Å². The van der Waals surface area contributed by atoms with E-state index in [1.807, 2.05) is 0 Å². The maximum absolute atomic E-state index is 12.1. The lowest BCUT2D eigenvalue weighted by Crippen LogP contribution is -2.15. The van der Waals surface area contributed by atoms with Gasteiger partial charge in [-0.15, -0.1) is 16.4 Å². The minimum atomic E-state index is -4.06. The molecule has 0 aliphatic rings. The van der Waals surface area contributed by atoms with Crippen molar-refractivity contribution in [2.75, 3.05) is 4.72 Å². The molecule has 9 nitrogen and oxygen atoms in total. The van der Waals surface area contributed by atoms with Crippen LogP contribution in [0.3, 0.4) is 0 Å². The summed E-state index contributed by atoms with van der Waals surface area (Å²) in [7, 11) is -4.06. The molecule has 0 spiro atoms. The number of rotatable bonds is 4. The Balaban J connectivity index is 2.36. The smallest absolute Gasteiger partial charge is 0.258 e. The Morgan fingerprint density at radius 3 is 2.52 bits per heavy atom. The number of hydrogen-bond acceptors (Lipinski definition) is 8. The first-order valence-corrected chi connectivity index (χ1v) is 8.03. The first-order valence-electron chi connectivity index (χ1n) is 5.35. The SMILES string of the molecule is Cc1nnc(NS(=O)(=O)c2cc([N+](=O)[O-])c(Cl)s2)nc1C. The highest BCUT2D eigenvalue weighted by Gasteiger charge is 2.26. The monoisotopic (exact) mass is 349 g/mol. The second kappa shape index (κ2) is 5.50. The van der Waals surface area contributed by atoms with Crippen LogP contribution in [0, 0.1) is 24.0 Å². The van der Waals surface area contributed by atoms with Gasteiger partial charge in [0.2, 0.25) is 0 Å². The molecule has 2 aromatic heterocycles. The van der Waals surface area contributed by atoms with Gasteiger partial charge in [0.05, 0.1) is 16.3 Å². The molecule has 0 aromatic carbocycles. The second-order valence-electron chi connectivity index (χ2n) is 3.89. The summed E-state index contributed by atoms with van der Waals surface area (Å²) in [5, 5.41) is 18.0. The average molecular weight is 350 g/mol. The van der Waals surface area contributed by atoms with Crippen molar-refractivity contribution in [3.63, 3.8) is 0 Å². The minimum Gasteiger partial charge on any atom is -0.258 e. The van der Waals surface area contributed by atoms with Gasteiger partial charge in [-0.05, 0) is 13.8 Å². The van der Waals surface area contributed by atoms with Crippen LogP contribution in [-0.2, 0) is 10.0 Å². The Kier molecular flexibility index (Phi) is 4.07. The van der Waals surface area contributed by atoms with E-state index >= 15 is 0 Å². The zero-order chi connectivity index (χ0) is 15.8. The summed E-state index contributed by atoms with van der Waals surface area (Å²) in [4.78, 5) is 13.8. The third kappa shape index (κ3) is 3.25. The maximum atomic E-state index is 12.1. The van der Waals surface area contributed by atoms with Gasteiger partial charge < -0.3 is 0 Å². The van der Waals surface area contributed by atoms with Crippen LogP contribution < -0.4 is 4.72 Å². The van der Waals surface area contributed by atoms with Crippen molar-refractivity contribution in [3.05, 3.63) is 31.9 Å². The third-order valence-corrected chi connectivity index (χ3v) is 5.56. The zero-order valence-corrected chi connectivity index (χ0v) is 13.1. The summed E-state index contributed by atoms with van der Waals surface area (Å²) in [6, 6.07) is 0.879. The number of aromatic nitrogens is 3. The predicted octanol–water partition coefficient (Wildman–Crippen LogP) is 1.91. The molecule has 0 unspecified atom stereocenters. The van der Waals surface area contributed by atoms with Gasteiger partial charge in [-0.25, -0.2) is 18.1 Å². The van der Waals surface area contributed by atoms with Gasteiger partial charge in [0.15, 0.2) is 4.34 Å². The van der Waals surface area contributed by atoms with E-state index in [2.05, 4.69) is 19.9 Å². The lowest BCUT2D eigenvalue weighted by Gasteiger charge is -2.04. The van der Waals surface area contributed by atoms with Crippen LogP contribution in [0.5, 0.6) is 0 Å². The Hall–Kier alpha value is -1.85. The van der Waals surface area contributed by atoms with Crippen molar-refractivity contribution in [3.8, 4) is 0 Å². The molecule has 0 aliphatic carbocycles. The highest BCUT2D eigenvalue weighted by Crippen LogP contribution is 2.36. The largest absolute Gasteiger partial charge is 0.300 e. The Bertz CT molecular complexity index is 820. The van der Waals surface area contributed by atoms with Crippen LogP contribution in [0.25, 0.3) is 0 Å². The summed E-state index contributed by atoms with van der Waals surface area (Å²) < 4.78 is 25.8. The molecule has 2 aromatic rings. The van der Waals surface area contributed by atoms with E-state index in [1.54, 1.807) is 13.8 Å². The van der Waals surface area contributed by atoms with Crippen LogP contribution in [0.4, 0.5) is 11.6 Å². The molecule has 21 heavy (non-hydrogen) atoms. The average Bonchev–Trinajstić information content (AvgIpc) is 2.77. The quantitative estimate of drug-likeness (QED) is 0.659. The lowest BCUT2D eigenvalue weighted by atomic mass is 10.4. The van der Waals surface area contributed by atoms with E-state index in [4.69, 9.17) is 11.6 Å². The highest BCUT2D eigenvalue weighted by atomic mass is 35.5. The van der Waals surface area contributed by atoms with Crippen molar-refractivity contribution in [1.29, 1.82) is 0 Å². The molecule has 112 valence electrons. The first-order chi connectivity index (χ1) is 9.70. The van der Waals surface area contributed by atoms with E-state index < -0.39 is 20.6 Å². The maximum Gasteiger partial charge on any atom is 0.300 e. The Labute approximate surface area is 128 Å². The molecule has 0 bridgehead atoms. The van der Waals surface area contributed by atoms with E-state index in [1.165, 1.54) is 0 Å². The number of nitrogens with one attached hydrogen (secondary N) is 1. The molecule has 2 heterocycles. The Morgan fingerprint density at radius 1 is 1.33 bits per heavy atom. The van der Waals surface area contributed by atoms with E-state index in [0.717, 1.165) is 6.07 Å². The molecule has 0 atom stereocenters. The van der Waals surface area contributed by atoms with Gasteiger partial charge in [0.25, 0.3) is 21.7 Å². The molecule has 0 aliphatic heterocycles. The molecule has 0 fully saturated rings. The van der Waals surface area contributed by atoms with E-state index in [9.17, 15) is 18.5 Å². The summed E-state index contributed by atoms with van der Waals surface area (Å²) >= 11 is 6.21. The van der Waals surface area contributed by atoms with Crippen LogP contribution in [-0.4, -0.2) is 28.5 Å². The van der Waals surface area contributed by atoms with Crippen LogP contribution >= 0.6 is 22.9 Å². The molecule has 0 saturated heterocycles. The number of thiophene rings is 1. The molecule has 12 heteroatoms. The molecule has 0 amide bonds. The van der Waals surface area contributed by atoms with Crippen LogP contribution in [0.1, 0.15) is 11.4 Å². The number of aryl methyl sites for hydroxylation is 2.